The van der Waals surface area contributed by atoms with Crippen molar-refractivity contribution < 1.29 is 14.3 Å². The Labute approximate surface area is 139 Å². The van der Waals surface area contributed by atoms with Gasteiger partial charge in [0.1, 0.15) is 11.8 Å². The Kier molecular flexibility index (Phi) is 7.59. The summed E-state index contributed by atoms with van der Waals surface area (Å²) < 4.78 is 5.52. The molecule has 128 valence electrons. The molecule has 5 nitrogen and oxygen atoms in total. The average molecular weight is 320 g/mol. The van der Waals surface area contributed by atoms with Crippen LogP contribution in [0.25, 0.3) is 0 Å². The molecule has 0 spiro atoms. The van der Waals surface area contributed by atoms with E-state index in [0.717, 1.165) is 12.0 Å². The number of amides is 2. The van der Waals surface area contributed by atoms with E-state index in [1.54, 1.807) is 14.1 Å². The van der Waals surface area contributed by atoms with E-state index in [1.165, 1.54) is 4.90 Å². The fourth-order valence-electron chi connectivity index (χ4n) is 2.24. The normalized spacial score (nSPS) is 11.9. The van der Waals surface area contributed by atoms with Crippen LogP contribution in [0.1, 0.15) is 32.8 Å². The van der Waals surface area contributed by atoms with E-state index in [9.17, 15) is 9.59 Å². The van der Waals surface area contributed by atoms with Gasteiger partial charge >= 0.3 is 0 Å². The molecule has 0 fully saturated rings. The van der Waals surface area contributed by atoms with E-state index in [-0.39, 0.29) is 18.4 Å². The molecule has 1 atom stereocenters. The molecule has 0 aromatic heterocycles. The number of carbonyl (C=O) groups excluding carboxylic acids is 2. The van der Waals surface area contributed by atoms with Gasteiger partial charge in [0.25, 0.3) is 5.91 Å². The van der Waals surface area contributed by atoms with Crippen LogP contribution in [-0.2, 0) is 16.0 Å². The highest BCUT2D eigenvalue weighted by molar-refractivity contribution is 5.87. The molecule has 0 aliphatic carbocycles. The third kappa shape index (κ3) is 6.72. The standard InChI is InChI=1S/C18H28N2O3/c1-6-14-8-7-9-15(11-14)23-12-17(21)19-16(10-13(2)3)18(22)20(4)5/h7-9,11,13,16H,6,10,12H2,1-5H3,(H,19,21)/t16-/m1/s1. The molecule has 0 unspecified atom stereocenters. The van der Waals surface area contributed by atoms with Crippen molar-refractivity contribution in [1.82, 2.24) is 10.2 Å². The minimum Gasteiger partial charge on any atom is -0.484 e. The van der Waals surface area contributed by atoms with Gasteiger partial charge in [-0.05, 0) is 36.5 Å². The number of carbonyl (C=O) groups is 2. The summed E-state index contributed by atoms with van der Waals surface area (Å²) in [6.45, 7) is 6.02. The zero-order valence-electron chi connectivity index (χ0n) is 14.8. The van der Waals surface area contributed by atoms with Crippen molar-refractivity contribution in [2.75, 3.05) is 20.7 Å². The second-order valence-corrected chi connectivity index (χ2v) is 6.27. The lowest BCUT2D eigenvalue weighted by molar-refractivity contribution is -0.135. The lowest BCUT2D eigenvalue weighted by Gasteiger charge is -2.23. The number of hydrogen-bond donors (Lipinski definition) is 1. The summed E-state index contributed by atoms with van der Waals surface area (Å²) in [6, 6.07) is 7.15. The molecular weight excluding hydrogens is 292 g/mol. The number of ether oxygens (including phenoxy) is 1. The molecule has 0 aliphatic heterocycles. The van der Waals surface area contributed by atoms with E-state index in [2.05, 4.69) is 12.2 Å². The van der Waals surface area contributed by atoms with Crippen molar-refractivity contribution in [3.8, 4) is 5.75 Å². The zero-order chi connectivity index (χ0) is 17.4. The first-order chi connectivity index (χ1) is 10.8. The van der Waals surface area contributed by atoms with Crippen LogP contribution in [0, 0.1) is 5.92 Å². The van der Waals surface area contributed by atoms with Crippen molar-refractivity contribution in [1.29, 1.82) is 0 Å². The molecule has 1 aromatic carbocycles. The largest absolute Gasteiger partial charge is 0.484 e. The van der Waals surface area contributed by atoms with Crippen molar-refractivity contribution in [3.05, 3.63) is 29.8 Å². The molecule has 23 heavy (non-hydrogen) atoms. The number of likely N-dealkylation sites (N-methyl/N-ethyl adjacent to an activating group) is 1. The van der Waals surface area contributed by atoms with Crippen LogP contribution in [0.2, 0.25) is 0 Å². The monoisotopic (exact) mass is 320 g/mol. The Morgan fingerprint density at radius 2 is 1.96 bits per heavy atom. The first-order valence-corrected chi connectivity index (χ1v) is 8.05. The molecular formula is C18H28N2O3. The molecule has 1 aromatic rings. The van der Waals surface area contributed by atoms with Crippen molar-refractivity contribution in [3.63, 3.8) is 0 Å². The topological polar surface area (TPSA) is 58.6 Å². The van der Waals surface area contributed by atoms with Gasteiger partial charge in [-0.2, -0.15) is 0 Å². The van der Waals surface area contributed by atoms with Gasteiger partial charge < -0.3 is 15.0 Å². The minimum absolute atomic E-state index is 0.0948. The average Bonchev–Trinajstić information content (AvgIpc) is 2.51. The molecule has 0 saturated heterocycles. The molecule has 1 rings (SSSR count). The Hall–Kier alpha value is -2.04. The summed E-state index contributed by atoms with van der Waals surface area (Å²) in [4.78, 5) is 25.7. The third-order valence-corrected chi connectivity index (χ3v) is 3.46. The molecule has 2 amide bonds. The summed E-state index contributed by atoms with van der Waals surface area (Å²) in [5.41, 5.74) is 1.16. The first kappa shape index (κ1) is 19.0. The number of aryl methyl sites for hydroxylation is 1. The third-order valence-electron chi connectivity index (χ3n) is 3.46. The van der Waals surface area contributed by atoms with Crippen LogP contribution in [0.4, 0.5) is 0 Å². The molecule has 5 heteroatoms. The maximum Gasteiger partial charge on any atom is 0.258 e. The van der Waals surface area contributed by atoms with Crippen LogP contribution in [0.5, 0.6) is 5.75 Å². The van der Waals surface area contributed by atoms with E-state index in [0.29, 0.717) is 18.1 Å². The number of hydrogen-bond acceptors (Lipinski definition) is 3. The summed E-state index contributed by atoms with van der Waals surface area (Å²) in [7, 11) is 3.38. The van der Waals surface area contributed by atoms with Gasteiger partial charge in [0, 0.05) is 14.1 Å². The van der Waals surface area contributed by atoms with E-state index < -0.39 is 6.04 Å². The molecule has 1 N–H and O–H groups in total. The highest BCUT2D eigenvalue weighted by Crippen LogP contribution is 2.13. The summed E-state index contributed by atoms with van der Waals surface area (Å²) in [5.74, 6) is 0.595. The quantitative estimate of drug-likeness (QED) is 0.799. The minimum atomic E-state index is -0.511. The van der Waals surface area contributed by atoms with Crippen LogP contribution >= 0.6 is 0 Å². The van der Waals surface area contributed by atoms with Crippen LogP contribution in [0.3, 0.4) is 0 Å². The molecule has 0 aliphatic rings. The molecule has 0 saturated carbocycles. The van der Waals surface area contributed by atoms with Crippen molar-refractivity contribution in [2.45, 2.75) is 39.7 Å². The molecule has 0 heterocycles. The van der Waals surface area contributed by atoms with E-state index in [4.69, 9.17) is 4.74 Å². The lowest BCUT2D eigenvalue weighted by Crippen LogP contribution is -2.48. The summed E-state index contributed by atoms with van der Waals surface area (Å²) in [5, 5.41) is 2.77. The fraction of sp³-hybridized carbons (Fsp3) is 0.556. The van der Waals surface area contributed by atoms with Gasteiger partial charge in [-0.3, -0.25) is 9.59 Å². The van der Waals surface area contributed by atoms with Gasteiger partial charge in [0.15, 0.2) is 6.61 Å². The Bertz CT molecular complexity index is 527. The smallest absolute Gasteiger partial charge is 0.258 e. The van der Waals surface area contributed by atoms with Crippen LogP contribution in [-0.4, -0.2) is 43.5 Å². The summed E-state index contributed by atoms with van der Waals surface area (Å²) >= 11 is 0. The van der Waals surface area contributed by atoms with E-state index in [1.807, 2.05) is 38.1 Å². The Balaban J connectivity index is 2.59. The number of benzene rings is 1. The van der Waals surface area contributed by atoms with Crippen molar-refractivity contribution >= 4 is 11.8 Å². The van der Waals surface area contributed by atoms with Gasteiger partial charge in [0.2, 0.25) is 5.91 Å². The first-order valence-electron chi connectivity index (χ1n) is 8.05. The number of rotatable bonds is 8. The van der Waals surface area contributed by atoms with Crippen LogP contribution < -0.4 is 10.1 Å². The summed E-state index contributed by atoms with van der Waals surface area (Å²) in [6.07, 6.45) is 1.52. The SMILES string of the molecule is CCc1cccc(OCC(=O)N[C@H](CC(C)C)C(=O)N(C)C)c1. The lowest BCUT2D eigenvalue weighted by atomic mass is 10.0. The van der Waals surface area contributed by atoms with Crippen molar-refractivity contribution in [2.24, 2.45) is 5.92 Å². The predicted octanol–water partition coefficient (Wildman–Crippen LogP) is 2.25. The second kappa shape index (κ2) is 9.18. The highest BCUT2D eigenvalue weighted by atomic mass is 16.5. The zero-order valence-corrected chi connectivity index (χ0v) is 14.8. The van der Waals surface area contributed by atoms with E-state index >= 15 is 0 Å². The molecule has 0 radical (unpaired) electrons. The maximum absolute atomic E-state index is 12.1. The van der Waals surface area contributed by atoms with Gasteiger partial charge in [-0.1, -0.05) is 32.9 Å². The fourth-order valence-corrected chi connectivity index (χ4v) is 2.24. The maximum atomic E-state index is 12.1. The number of nitrogens with one attached hydrogen (secondary N) is 1. The Morgan fingerprint density at radius 3 is 2.52 bits per heavy atom. The number of nitrogens with zero attached hydrogens (tertiary/aromatic N) is 1. The molecule has 0 bridgehead atoms. The van der Waals surface area contributed by atoms with Gasteiger partial charge in [-0.25, -0.2) is 0 Å². The predicted molar refractivity (Wildman–Crippen MR) is 91.4 cm³/mol. The second-order valence-electron chi connectivity index (χ2n) is 6.27. The van der Waals surface area contributed by atoms with Gasteiger partial charge in [0.05, 0.1) is 0 Å². The highest BCUT2D eigenvalue weighted by Gasteiger charge is 2.23. The van der Waals surface area contributed by atoms with Gasteiger partial charge in [-0.15, -0.1) is 0 Å². The van der Waals surface area contributed by atoms with Crippen LogP contribution in [0.15, 0.2) is 24.3 Å². The Morgan fingerprint density at radius 1 is 1.26 bits per heavy atom.